The van der Waals surface area contributed by atoms with E-state index in [0.717, 1.165) is 38.4 Å². The number of nitro benzene ring substituents is 1. The molecule has 1 aliphatic rings. The summed E-state index contributed by atoms with van der Waals surface area (Å²) in [7, 11) is 0. The first kappa shape index (κ1) is 13.5. The number of hydrogen-bond donors (Lipinski definition) is 0. The van der Waals surface area contributed by atoms with E-state index in [4.69, 9.17) is 0 Å². The molecular formula is C13H17N3O3. The summed E-state index contributed by atoms with van der Waals surface area (Å²) in [5.41, 5.74) is 0.884. The van der Waals surface area contributed by atoms with Crippen molar-refractivity contribution in [1.82, 2.24) is 4.90 Å². The molecule has 0 aromatic heterocycles. The Morgan fingerprint density at radius 2 is 2.00 bits per heavy atom. The van der Waals surface area contributed by atoms with Gasteiger partial charge in [0.1, 0.15) is 0 Å². The topological polar surface area (TPSA) is 66.7 Å². The second-order valence-corrected chi connectivity index (χ2v) is 4.54. The molecule has 0 amide bonds. The molecule has 1 aromatic carbocycles. The average Bonchev–Trinajstić information content (AvgIpc) is 2.46. The predicted molar refractivity (Wildman–Crippen MR) is 72.8 cm³/mol. The van der Waals surface area contributed by atoms with E-state index in [2.05, 4.69) is 16.7 Å². The van der Waals surface area contributed by atoms with Gasteiger partial charge < -0.3 is 9.80 Å². The first-order valence-electron chi connectivity index (χ1n) is 6.36. The van der Waals surface area contributed by atoms with Gasteiger partial charge in [0.25, 0.3) is 5.69 Å². The Bertz CT molecular complexity index is 482. The van der Waals surface area contributed by atoms with Gasteiger partial charge in [-0.15, -0.1) is 0 Å². The quantitative estimate of drug-likeness (QED) is 0.468. The number of likely N-dealkylation sites (N-methyl/N-ethyl adjacent to an activating group) is 1. The predicted octanol–water partition coefficient (Wildman–Crippen LogP) is 1.55. The number of aldehydes is 1. The van der Waals surface area contributed by atoms with Crippen LogP contribution in [-0.2, 0) is 0 Å². The fourth-order valence-electron chi connectivity index (χ4n) is 2.32. The van der Waals surface area contributed by atoms with Crippen LogP contribution in [0.15, 0.2) is 18.2 Å². The number of piperazine rings is 1. The van der Waals surface area contributed by atoms with Crippen molar-refractivity contribution < 1.29 is 9.72 Å². The normalized spacial score (nSPS) is 16.4. The maximum Gasteiger partial charge on any atom is 0.280 e. The highest BCUT2D eigenvalue weighted by Crippen LogP contribution is 2.24. The van der Waals surface area contributed by atoms with E-state index in [0.29, 0.717) is 6.29 Å². The van der Waals surface area contributed by atoms with Gasteiger partial charge >= 0.3 is 0 Å². The molecule has 102 valence electrons. The number of rotatable bonds is 4. The van der Waals surface area contributed by atoms with Gasteiger partial charge in [-0.05, 0) is 18.7 Å². The summed E-state index contributed by atoms with van der Waals surface area (Å²) in [5, 5.41) is 10.8. The zero-order chi connectivity index (χ0) is 13.8. The summed E-state index contributed by atoms with van der Waals surface area (Å²) in [6.45, 7) is 6.88. The number of nitro groups is 1. The Kier molecular flexibility index (Phi) is 4.11. The molecule has 0 unspecified atom stereocenters. The highest BCUT2D eigenvalue weighted by atomic mass is 16.6. The molecule has 0 N–H and O–H groups in total. The van der Waals surface area contributed by atoms with Crippen LogP contribution in [0.2, 0.25) is 0 Å². The van der Waals surface area contributed by atoms with Crippen LogP contribution in [-0.4, -0.2) is 48.8 Å². The summed E-state index contributed by atoms with van der Waals surface area (Å²) >= 11 is 0. The lowest BCUT2D eigenvalue weighted by atomic mass is 10.1. The first-order valence-corrected chi connectivity index (χ1v) is 6.36. The van der Waals surface area contributed by atoms with Crippen LogP contribution in [0.25, 0.3) is 0 Å². The average molecular weight is 263 g/mol. The molecule has 1 saturated heterocycles. The summed E-state index contributed by atoms with van der Waals surface area (Å²) in [4.78, 5) is 25.7. The van der Waals surface area contributed by atoms with E-state index >= 15 is 0 Å². The second-order valence-electron chi connectivity index (χ2n) is 4.54. The summed E-state index contributed by atoms with van der Waals surface area (Å²) in [6.07, 6.45) is 0.546. The minimum Gasteiger partial charge on any atom is -0.369 e. The molecule has 0 bridgehead atoms. The number of hydrogen-bond acceptors (Lipinski definition) is 5. The van der Waals surface area contributed by atoms with Gasteiger partial charge in [0.2, 0.25) is 0 Å². The van der Waals surface area contributed by atoms with Gasteiger partial charge in [0.05, 0.1) is 10.5 Å². The standard InChI is InChI=1S/C13H17N3O3/c1-2-14-5-7-15(8-6-14)12-3-4-13(16(18)19)11(9-12)10-17/h3-4,9-10H,2,5-8H2,1H3. The molecule has 6 heteroatoms. The Hall–Kier alpha value is -1.95. The lowest BCUT2D eigenvalue weighted by molar-refractivity contribution is -0.385. The highest BCUT2D eigenvalue weighted by molar-refractivity contribution is 5.83. The minimum atomic E-state index is -0.525. The van der Waals surface area contributed by atoms with Gasteiger partial charge in [-0.3, -0.25) is 14.9 Å². The zero-order valence-corrected chi connectivity index (χ0v) is 10.9. The number of anilines is 1. The molecule has 19 heavy (non-hydrogen) atoms. The third kappa shape index (κ3) is 2.90. The molecule has 0 radical (unpaired) electrons. The van der Waals surface area contributed by atoms with Crippen LogP contribution in [0.1, 0.15) is 17.3 Å². The maximum absolute atomic E-state index is 10.9. The molecule has 1 fully saturated rings. The van der Waals surface area contributed by atoms with Crippen molar-refractivity contribution in [2.45, 2.75) is 6.92 Å². The van der Waals surface area contributed by atoms with Gasteiger partial charge in [-0.25, -0.2) is 0 Å². The summed E-state index contributed by atoms with van der Waals surface area (Å²) in [6, 6.07) is 4.73. The molecular weight excluding hydrogens is 246 g/mol. The van der Waals surface area contributed by atoms with Crippen molar-refractivity contribution >= 4 is 17.7 Å². The summed E-state index contributed by atoms with van der Waals surface area (Å²) in [5.74, 6) is 0. The molecule has 1 aliphatic heterocycles. The van der Waals surface area contributed by atoms with E-state index in [-0.39, 0.29) is 11.3 Å². The Labute approximate surface area is 111 Å². The fraction of sp³-hybridized carbons (Fsp3) is 0.462. The van der Waals surface area contributed by atoms with Crippen LogP contribution in [0.4, 0.5) is 11.4 Å². The van der Waals surface area contributed by atoms with Crippen LogP contribution >= 0.6 is 0 Å². The van der Waals surface area contributed by atoms with Gasteiger partial charge in [-0.2, -0.15) is 0 Å². The molecule has 6 nitrogen and oxygen atoms in total. The van der Waals surface area contributed by atoms with E-state index in [1.165, 1.54) is 6.07 Å². The molecule has 0 atom stereocenters. The Morgan fingerprint density at radius 1 is 1.32 bits per heavy atom. The van der Waals surface area contributed by atoms with Crippen LogP contribution in [0.3, 0.4) is 0 Å². The molecule has 2 rings (SSSR count). The smallest absolute Gasteiger partial charge is 0.280 e. The van der Waals surface area contributed by atoms with Crippen molar-refractivity contribution in [2.24, 2.45) is 0 Å². The number of nitrogens with zero attached hydrogens (tertiary/aromatic N) is 3. The highest BCUT2D eigenvalue weighted by Gasteiger charge is 2.19. The molecule has 1 aromatic rings. The zero-order valence-electron chi connectivity index (χ0n) is 10.9. The first-order chi connectivity index (χ1) is 9.15. The lowest BCUT2D eigenvalue weighted by Gasteiger charge is -2.35. The fourth-order valence-corrected chi connectivity index (χ4v) is 2.32. The molecule has 0 spiro atoms. The largest absolute Gasteiger partial charge is 0.369 e. The number of carbonyl (C=O) groups is 1. The SMILES string of the molecule is CCN1CCN(c2ccc([N+](=O)[O-])c(C=O)c2)CC1. The Morgan fingerprint density at radius 3 is 2.53 bits per heavy atom. The third-order valence-electron chi connectivity index (χ3n) is 3.52. The Balaban J connectivity index is 2.18. The van der Waals surface area contributed by atoms with E-state index in [9.17, 15) is 14.9 Å². The van der Waals surface area contributed by atoms with E-state index in [1.807, 2.05) is 0 Å². The summed E-state index contributed by atoms with van der Waals surface area (Å²) < 4.78 is 0. The van der Waals surface area contributed by atoms with Gasteiger partial charge in [-0.1, -0.05) is 6.92 Å². The second kappa shape index (κ2) is 5.79. The molecule has 0 saturated carbocycles. The lowest BCUT2D eigenvalue weighted by Crippen LogP contribution is -2.46. The maximum atomic E-state index is 10.9. The van der Waals surface area contributed by atoms with Crippen molar-refractivity contribution in [3.63, 3.8) is 0 Å². The number of carbonyl (C=O) groups excluding carboxylic acids is 1. The van der Waals surface area contributed by atoms with Gasteiger partial charge in [0.15, 0.2) is 6.29 Å². The van der Waals surface area contributed by atoms with Crippen LogP contribution in [0, 0.1) is 10.1 Å². The van der Waals surface area contributed by atoms with Crippen molar-refractivity contribution in [2.75, 3.05) is 37.6 Å². The number of benzene rings is 1. The molecule has 0 aliphatic carbocycles. The van der Waals surface area contributed by atoms with Crippen molar-refractivity contribution in [3.05, 3.63) is 33.9 Å². The van der Waals surface area contributed by atoms with Gasteiger partial charge in [0, 0.05) is 37.9 Å². The minimum absolute atomic E-state index is 0.133. The van der Waals surface area contributed by atoms with Crippen LogP contribution in [0.5, 0.6) is 0 Å². The molecule has 1 heterocycles. The van der Waals surface area contributed by atoms with Crippen molar-refractivity contribution in [3.8, 4) is 0 Å². The van der Waals surface area contributed by atoms with E-state index in [1.54, 1.807) is 12.1 Å². The third-order valence-corrected chi connectivity index (χ3v) is 3.52. The van der Waals surface area contributed by atoms with E-state index < -0.39 is 4.92 Å². The monoisotopic (exact) mass is 263 g/mol. The van der Waals surface area contributed by atoms with Crippen molar-refractivity contribution in [1.29, 1.82) is 0 Å². The van der Waals surface area contributed by atoms with Crippen LogP contribution < -0.4 is 4.90 Å².